The van der Waals surface area contributed by atoms with Crippen molar-refractivity contribution in [1.29, 1.82) is 0 Å². The molecule has 1 heterocycles. The molecule has 1 fully saturated rings. The van der Waals surface area contributed by atoms with Gasteiger partial charge < -0.3 is 32.9 Å². The van der Waals surface area contributed by atoms with Crippen LogP contribution in [-0.4, -0.2) is 78.2 Å². The van der Waals surface area contributed by atoms with Crippen LogP contribution in [0.2, 0.25) is 23.2 Å². The van der Waals surface area contributed by atoms with Crippen LogP contribution in [0.5, 0.6) is 0 Å². The van der Waals surface area contributed by atoms with Gasteiger partial charge in [0.2, 0.25) is 5.76 Å². The van der Waals surface area contributed by atoms with Gasteiger partial charge in [0.25, 0.3) is 8.32 Å². The number of benzene rings is 2. The topological polar surface area (TPSA) is 92.7 Å². The van der Waals surface area contributed by atoms with E-state index in [0.29, 0.717) is 0 Å². The van der Waals surface area contributed by atoms with Crippen LogP contribution in [0.3, 0.4) is 0 Å². The third-order valence-electron chi connectivity index (χ3n) is 13.5. The monoisotopic (exact) mass is 905 g/mol. The minimum Gasteiger partial charge on any atom is -0.490 e. The zero-order valence-electron chi connectivity index (χ0n) is 42.0. The Labute approximate surface area is 384 Å². The number of carbonyl (C=O) groups excluding carboxylic acids is 1. The van der Waals surface area contributed by atoms with E-state index < -0.39 is 40.6 Å². The molecule has 8 nitrogen and oxygen atoms in total. The molecule has 0 radical (unpaired) electrons. The van der Waals surface area contributed by atoms with E-state index in [1.807, 2.05) is 32.9 Å². The maximum atomic E-state index is 12.2. The molecule has 2 aromatic rings. The van der Waals surface area contributed by atoms with Gasteiger partial charge in [0.15, 0.2) is 14.1 Å². The number of hydrogen-bond donors (Lipinski definition) is 1. The van der Waals surface area contributed by atoms with Crippen LogP contribution >= 0.6 is 0 Å². The molecule has 0 amide bonds. The van der Waals surface area contributed by atoms with Crippen LogP contribution in [0.1, 0.15) is 110 Å². The summed E-state index contributed by atoms with van der Waals surface area (Å²) in [5, 5.41) is 14.1. The molecule has 3 rings (SSSR count). The number of aliphatic hydroxyl groups excluding tert-OH is 1. The molecule has 1 aliphatic heterocycles. The second-order valence-corrected chi connectivity index (χ2v) is 28.6. The fourth-order valence-electron chi connectivity index (χ4n) is 9.63. The zero-order chi connectivity index (χ0) is 47.3. The minimum atomic E-state index is -2.81. The third kappa shape index (κ3) is 14.0. The van der Waals surface area contributed by atoms with E-state index in [9.17, 15) is 9.90 Å². The van der Waals surface area contributed by atoms with E-state index in [4.69, 9.17) is 27.8 Å². The van der Waals surface area contributed by atoms with E-state index in [1.165, 1.54) is 30.2 Å². The highest BCUT2D eigenvalue weighted by atomic mass is 28.4. The fourth-order valence-corrected chi connectivity index (χ4v) is 17.4. The van der Waals surface area contributed by atoms with Crippen LogP contribution in [0.15, 0.2) is 108 Å². The minimum absolute atomic E-state index is 0.0101. The Morgan fingerprint density at radius 1 is 0.841 bits per heavy atom. The maximum Gasteiger partial charge on any atom is 0.373 e. The lowest BCUT2D eigenvalue weighted by Gasteiger charge is -2.50. The summed E-state index contributed by atoms with van der Waals surface area (Å²) >= 11 is 0. The van der Waals surface area contributed by atoms with Crippen molar-refractivity contribution in [3.63, 3.8) is 0 Å². The summed E-state index contributed by atoms with van der Waals surface area (Å²) in [4.78, 5) is 12.2. The van der Waals surface area contributed by atoms with Crippen molar-refractivity contribution in [1.82, 2.24) is 0 Å². The first kappa shape index (κ1) is 54.2. The van der Waals surface area contributed by atoms with E-state index in [1.54, 1.807) is 6.08 Å². The fraction of sp³-hybridized carbons (Fsp3) is 0.604. The molecule has 0 saturated carbocycles. The summed E-state index contributed by atoms with van der Waals surface area (Å²) in [6, 6.07) is 24.7. The number of carbonyl (C=O) groups is 1. The molecule has 0 unspecified atom stereocenters. The summed E-state index contributed by atoms with van der Waals surface area (Å²) < 4.78 is 38.2. The molecule has 0 spiro atoms. The number of ether oxygens (including phenoxy) is 4. The standard InChI is InChI=1S/C53H84O8Si2/c1-18-62(19-2,20-3)61-48(40(7)35-38(5)36-47(56-16)51(55)57-17)39(6)34-37(4)28-27-33-46(54)50-42(9)49(58-53(14,15)59-50)41(8)43(10)60-63(52(11,12)13,44-29-23-21-24-30-44)45-31-25-22-26-32-45/h21-33,35-36,39-43,46,48-50,54H,18-20,34H2,1-17H3/b33-27+,37-28+,38-35+,47-36-/t39-,40+,41+,42-,43-,46-,48-,49-,50+/m0/s1. The predicted molar refractivity (Wildman–Crippen MR) is 265 cm³/mol. The predicted octanol–water partition coefficient (Wildman–Crippen LogP) is 11.3. The van der Waals surface area contributed by atoms with E-state index in [2.05, 4.69) is 156 Å². The Morgan fingerprint density at radius 3 is 1.84 bits per heavy atom. The van der Waals surface area contributed by atoms with Crippen molar-refractivity contribution in [2.45, 2.75) is 170 Å². The molecular weight excluding hydrogens is 821 g/mol. The van der Waals surface area contributed by atoms with E-state index >= 15 is 0 Å². The molecule has 10 heteroatoms. The number of rotatable bonds is 22. The van der Waals surface area contributed by atoms with Gasteiger partial charge in [0.1, 0.15) is 0 Å². The summed E-state index contributed by atoms with van der Waals surface area (Å²) in [5.74, 6) is -1.09. The Hall–Kier alpha value is -3.10. The molecule has 0 aromatic heterocycles. The van der Waals surface area contributed by atoms with Crippen molar-refractivity contribution in [2.75, 3.05) is 14.2 Å². The number of allylic oxidation sites excluding steroid dienone is 5. The summed E-state index contributed by atoms with van der Waals surface area (Å²) in [5.41, 5.74) is 2.11. The average molecular weight is 905 g/mol. The van der Waals surface area contributed by atoms with Crippen LogP contribution < -0.4 is 10.4 Å². The van der Waals surface area contributed by atoms with Gasteiger partial charge in [-0.25, -0.2) is 4.79 Å². The molecule has 1 saturated heterocycles. The van der Waals surface area contributed by atoms with Crippen LogP contribution in [0.25, 0.3) is 0 Å². The quantitative estimate of drug-likeness (QED) is 0.0411. The largest absolute Gasteiger partial charge is 0.490 e. The van der Waals surface area contributed by atoms with Gasteiger partial charge in [-0.15, -0.1) is 0 Å². The van der Waals surface area contributed by atoms with Crippen molar-refractivity contribution in [3.8, 4) is 0 Å². The summed E-state index contributed by atoms with van der Waals surface area (Å²) in [6.07, 6.45) is 8.90. The van der Waals surface area contributed by atoms with Crippen LogP contribution in [0, 0.1) is 23.7 Å². The highest BCUT2D eigenvalue weighted by Gasteiger charge is 2.53. The number of methoxy groups -OCH3 is 2. The number of hydrogen-bond acceptors (Lipinski definition) is 8. The Kier molecular flexibility index (Phi) is 20.6. The molecule has 0 bridgehead atoms. The zero-order valence-corrected chi connectivity index (χ0v) is 44.0. The number of esters is 1. The maximum absolute atomic E-state index is 12.2. The second kappa shape index (κ2) is 23.9. The van der Waals surface area contributed by atoms with Crippen molar-refractivity contribution >= 4 is 33.0 Å². The first-order chi connectivity index (χ1) is 29.5. The lowest BCUT2D eigenvalue weighted by atomic mass is 9.83. The van der Waals surface area contributed by atoms with Gasteiger partial charge in [-0.1, -0.05) is 165 Å². The summed E-state index contributed by atoms with van der Waals surface area (Å²) in [7, 11) is -1.95. The Balaban J connectivity index is 1.86. The lowest BCUT2D eigenvalue weighted by molar-refractivity contribution is -0.338. The number of aliphatic hydroxyl groups is 1. The second-order valence-electron chi connectivity index (χ2n) is 19.6. The molecule has 352 valence electrons. The Bertz CT molecular complexity index is 1780. The van der Waals surface area contributed by atoms with Crippen molar-refractivity contribution < 1.29 is 37.7 Å². The van der Waals surface area contributed by atoms with Crippen LogP contribution in [-0.2, 0) is 32.6 Å². The van der Waals surface area contributed by atoms with E-state index in [0.717, 1.165) is 30.1 Å². The molecule has 0 aliphatic carbocycles. The SMILES string of the molecule is CC[Si](CC)(CC)O[C@H]([C@H](C)/C=C(C)/C=C(\OC)C(=O)OC)[C@@H](C)C/C(C)=C/C=C/[C@H](O)[C@@H]1OC(C)(C)O[C@@H]([C@H](C)[C@H](C)O[Si](c2ccccc2)(c2ccccc2)C(C)(C)C)[C@@H]1C. The first-order valence-corrected chi connectivity index (χ1v) is 27.9. The highest BCUT2D eigenvalue weighted by Crippen LogP contribution is 2.42. The van der Waals surface area contributed by atoms with Gasteiger partial charge in [0, 0.05) is 17.9 Å². The summed E-state index contributed by atoms with van der Waals surface area (Å²) in [6.45, 7) is 32.7. The average Bonchev–Trinajstić information content (AvgIpc) is 3.25. The smallest absolute Gasteiger partial charge is 0.373 e. The van der Waals surface area contributed by atoms with Gasteiger partial charge in [-0.2, -0.15) is 0 Å². The molecular formula is C53H84O8Si2. The van der Waals surface area contributed by atoms with Crippen molar-refractivity contribution in [3.05, 3.63) is 108 Å². The van der Waals surface area contributed by atoms with E-state index in [-0.39, 0.29) is 52.8 Å². The molecule has 2 aromatic carbocycles. The van der Waals surface area contributed by atoms with Crippen molar-refractivity contribution in [2.24, 2.45) is 23.7 Å². The molecule has 9 atom stereocenters. The van der Waals surface area contributed by atoms with Gasteiger partial charge in [-0.05, 0) is 92.5 Å². The molecule has 63 heavy (non-hydrogen) atoms. The van der Waals surface area contributed by atoms with Gasteiger partial charge in [-0.3, -0.25) is 0 Å². The van der Waals surface area contributed by atoms with Gasteiger partial charge in [0.05, 0.1) is 38.6 Å². The normalized spacial score (nSPS) is 22.3. The Morgan fingerprint density at radius 2 is 1.37 bits per heavy atom. The first-order valence-electron chi connectivity index (χ1n) is 23.4. The lowest BCUT2D eigenvalue weighted by Crippen LogP contribution is -2.68. The van der Waals surface area contributed by atoms with Gasteiger partial charge >= 0.3 is 5.97 Å². The van der Waals surface area contributed by atoms with Crippen LogP contribution in [0.4, 0.5) is 0 Å². The molecule has 1 aliphatic rings. The third-order valence-corrected chi connectivity index (χ3v) is 23.2. The molecule has 1 N–H and O–H groups in total. The highest BCUT2D eigenvalue weighted by molar-refractivity contribution is 6.99.